The van der Waals surface area contributed by atoms with E-state index in [1.165, 1.54) is 12.1 Å². The van der Waals surface area contributed by atoms with E-state index in [4.69, 9.17) is 33.7 Å². The molecule has 1 atom stereocenters. The van der Waals surface area contributed by atoms with Crippen molar-refractivity contribution < 1.29 is 13.2 Å². The molecule has 1 saturated heterocycles. The molecule has 202 valence electrons. The number of nitrogens with two attached hydrogens (primary N) is 1. The lowest BCUT2D eigenvalue weighted by atomic mass is 10.0. The van der Waals surface area contributed by atoms with E-state index in [0.717, 1.165) is 31.6 Å². The number of halogens is 2. The summed E-state index contributed by atoms with van der Waals surface area (Å²) in [4.78, 5) is 13.7. The molecule has 1 fully saturated rings. The number of aromatic amines is 1. The van der Waals surface area contributed by atoms with Crippen LogP contribution in [0.1, 0.15) is 18.4 Å². The number of methoxy groups -OCH3 is 1. The lowest BCUT2D eigenvalue weighted by molar-refractivity contribution is 0.249. The Labute approximate surface area is 232 Å². The molecule has 0 saturated carbocycles. The number of anilines is 3. The summed E-state index contributed by atoms with van der Waals surface area (Å²) in [5.41, 5.74) is 8.57. The molecule has 0 aliphatic carbocycles. The Balaban J connectivity index is 1.50. The SMILES string of the molecule is COc1cc(N2CCC(N(C)C)CC2)ccc1N1c2[nH]ccc2C(S(=O)(=O)c2c(Cl)cccc2Cl)=NC1N. The van der Waals surface area contributed by atoms with Crippen LogP contribution in [0, 0.1) is 0 Å². The van der Waals surface area contributed by atoms with Gasteiger partial charge in [-0.3, -0.25) is 10.6 Å². The van der Waals surface area contributed by atoms with Crippen LogP contribution >= 0.6 is 23.2 Å². The highest BCUT2D eigenvalue weighted by molar-refractivity contribution is 8.07. The fourth-order valence-electron chi connectivity index (χ4n) is 5.13. The number of hydrogen-bond acceptors (Lipinski definition) is 8. The first-order valence-electron chi connectivity index (χ1n) is 12.2. The lowest BCUT2D eigenvalue weighted by Gasteiger charge is -2.37. The van der Waals surface area contributed by atoms with E-state index in [0.29, 0.717) is 28.9 Å². The highest BCUT2D eigenvalue weighted by Crippen LogP contribution is 2.42. The van der Waals surface area contributed by atoms with Crippen molar-refractivity contribution in [3.63, 3.8) is 0 Å². The van der Waals surface area contributed by atoms with E-state index in [-0.39, 0.29) is 20.0 Å². The van der Waals surface area contributed by atoms with Gasteiger partial charge >= 0.3 is 0 Å². The number of benzene rings is 2. The molecule has 3 N–H and O–H groups in total. The molecular formula is C26H30Cl2N6O3S. The van der Waals surface area contributed by atoms with E-state index in [1.807, 2.05) is 18.2 Å². The van der Waals surface area contributed by atoms with Gasteiger partial charge in [0.2, 0.25) is 9.84 Å². The Hall–Kier alpha value is -2.76. The van der Waals surface area contributed by atoms with Gasteiger partial charge in [-0.25, -0.2) is 13.4 Å². The molecule has 1 aromatic heterocycles. The quantitative estimate of drug-likeness (QED) is 0.461. The van der Waals surface area contributed by atoms with Crippen molar-refractivity contribution in [1.82, 2.24) is 9.88 Å². The first-order chi connectivity index (χ1) is 18.1. The number of fused-ring (bicyclic) bond motifs is 1. The molecule has 0 radical (unpaired) electrons. The standard InChI is InChI=1S/C26H30Cl2N6O3S/c1-32(2)16-10-13-33(14-11-16)17-7-8-21(22(15-17)37-3)34-24-18(9-12-30-24)25(31-26(34)29)38(35,36)23-19(27)5-4-6-20(23)28/h4-9,12,15-16,26,30H,10-11,13-14,29H2,1-3H3. The largest absolute Gasteiger partial charge is 0.494 e. The van der Waals surface area contributed by atoms with Crippen molar-refractivity contribution in [2.45, 2.75) is 30.1 Å². The molecule has 2 aliphatic heterocycles. The average molecular weight is 578 g/mol. The minimum Gasteiger partial charge on any atom is -0.494 e. The second-order valence-electron chi connectivity index (χ2n) is 9.55. The summed E-state index contributed by atoms with van der Waals surface area (Å²) < 4.78 is 33.1. The maximum atomic E-state index is 13.7. The van der Waals surface area contributed by atoms with Crippen LogP contribution in [0.2, 0.25) is 10.0 Å². The van der Waals surface area contributed by atoms with Gasteiger partial charge in [0.15, 0.2) is 11.3 Å². The third-order valence-corrected chi connectivity index (χ3v) is 9.80. The van der Waals surface area contributed by atoms with Crippen LogP contribution in [0.15, 0.2) is 58.5 Å². The maximum Gasteiger partial charge on any atom is 0.227 e. The monoisotopic (exact) mass is 576 g/mol. The fourth-order valence-corrected chi connectivity index (χ4v) is 7.68. The van der Waals surface area contributed by atoms with Gasteiger partial charge in [-0.2, -0.15) is 0 Å². The number of aliphatic imine (C=N–C) groups is 1. The van der Waals surface area contributed by atoms with Crippen molar-refractivity contribution in [1.29, 1.82) is 0 Å². The molecule has 5 rings (SSSR count). The molecule has 0 amide bonds. The van der Waals surface area contributed by atoms with Gasteiger partial charge in [0, 0.05) is 37.1 Å². The van der Waals surface area contributed by atoms with Crippen LogP contribution < -0.4 is 20.3 Å². The third kappa shape index (κ3) is 4.65. The fraction of sp³-hybridized carbons (Fsp3) is 0.346. The molecule has 0 spiro atoms. The second kappa shape index (κ2) is 10.4. The first-order valence-corrected chi connectivity index (χ1v) is 14.5. The highest BCUT2D eigenvalue weighted by atomic mass is 35.5. The van der Waals surface area contributed by atoms with Crippen LogP contribution in [0.4, 0.5) is 17.2 Å². The molecule has 3 heterocycles. The minimum absolute atomic E-state index is 0.0140. The summed E-state index contributed by atoms with van der Waals surface area (Å²) in [6.07, 6.45) is 2.76. The number of nitrogens with zero attached hydrogens (tertiary/aromatic N) is 4. The predicted molar refractivity (Wildman–Crippen MR) is 153 cm³/mol. The molecular weight excluding hydrogens is 547 g/mol. The van der Waals surface area contributed by atoms with Crippen LogP contribution in [0.5, 0.6) is 5.75 Å². The van der Waals surface area contributed by atoms with Crippen LogP contribution in [-0.2, 0) is 9.84 Å². The maximum absolute atomic E-state index is 13.7. The van der Waals surface area contributed by atoms with E-state index < -0.39 is 16.1 Å². The Kier molecular flexibility index (Phi) is 7.36. The molecule has 3 aromatic rings. The van der Waals surface area contributed by atoms with Crippen LogP contribution in [0.25, 0.3) is 0 Å². The van der Waals surface area contributed by atoms with Crippen LogP contribution in [0.3, 0.4) is 0 Å². The summed E-state index contributed by atoms with van der Waals surface area (Å²) >= 11 is 12.5. The van der Waals surface area contributed by atoms with Crippen molar-refractivity contribution in [3.05, 3.63) is 64.3 Å². The van der Waals surface area contributed by atoms with Gasteiger partial charge < -0.3 is 19.5 Å². The van der Waals surface area contributed by atoms with Crippen molar-refractivity contribution in [3.8, 4) is 5.75 Å². The smallest absolute Gasteiger partial charge is 0.227 e. The second-order valence-corrected chi connectivity index (χ2v) is 12.2. The summed E-state index contributed by atoms with van der Waals surface area (Å²) in [7, 11) is 1.67. The van der Waals surface area contributed by atoms with Crippen molar-refractivity contribution >= 4 is 55.3 Å². The number of nitrogens with one attached hydrogen (secondary N) is 1. The average Bonchev–Trinajstić information content (AvgIpc) is 3.37. The zero-order valence-corrected chi connectivity index (χ0v) is 23.7. The van der Waals surface area contributed by atoms with E-state index in [1.54, 1.807) is 30.3 Å². The van der Waals surface area contributed by atoms with Gasteiger partial charge in [-0.15, -0.1) is 0 Å². The summed E-state index contributed by atoms with van der Waals surface area (Å²) in [6.45, 7) is 1.90. The van der Waals surface area contributed by atoms with Gasteiger partial charge in [0.1, 0.15) is 16.5 Å². The summed E-state index contributed by atoms with van der Waals surface area (Å²) in [5.74, 6) is 1.08. The number of aromatic nitrogens is 1. The Bertz CT molecular complexity index is 1460. The van der Waals surface area contributed by atoms with Gasteiger partial charge in [0.05, 0.1) is 28.4 Å². The number of piperidine rings is 1. The normalized spacial score (nSPS) is 18.5. The highest BCUT2D eigenvalue weighted by Gasteiger charge is 2.38. The minimum atomic E-state index is -4.17. The van der Waals surface area contributed by atoms with Gasteiger partial charge in [0.25, 0.3) is 0 Å². The predicted octanol–water partition coefficient (Wildman–Crippen LogP) is 4.48. The molecule has 2 aromatic carbocycles. The van der Waals surface area contributed by atoms with E-state index >= 15 is 0 Å². The molecule has 1 unspecified atom stereocenters. The molecule has 0 bridgehead atoms. The van der Waals surface area contributed by atoms with Gasteiger partial charge in [-0.1, -0.05) is 29.3 Å². The summed E-state index contributed by atoms with van der Waals surface area (Å²) in [6, 6.07) is 12.7. The number of rotatable bonds is 5. The van der Waals surface area contributed by atoms with Crippen LogP contribution in [-0.4, -0.2) is 70.0 Å². The number of sulfone groups is 1. The summed E-state index contributed by atoms with van der Waals surface area (Å²) in [5, 5.41) is -0.174. The number of H-pyrrole nitrogens is 1. The molecule has 38 heavy (non-hydrogen) atoms. The topological polar surface area (TPSA) is 107 Å². The van der Waals surface area contributed by atoms with E-state index in [2.05, 4.69) is 33.9 Å². The van der Waals surface area contributed by atoms with Gasteiger partial charge in [-0.05, 0) is 57.3 Å². The molecule has 9 nitrogen and oxygen atoms in total. The number of ether oxygens (including phenoxy) is 1. The Morgan fingerprint density at radius 2 is 1.79 bits per heavy atom. The van der Waals surface area contributed by atoms with E-state index in [9.17, 15) is 8.42 Å². The third-order valence-electron chi connectivity index (χ3n) is 7.14. The Morgan fingerprint density at radius 1 is 1.11 bits per heavy atom. The number of hydrogen-bond donors (Lipinski definition) is 2. The van der Waals surface area contributed by atoms with Crippen molar-refractivity contribution in [2.24, 2.45) is 10.7 Å². The van der Waals surface area contributed by atoms with Crippen molar-refractivity contribution in [2.75, 3.05) is 44.1 Å². The Morgan fingerprint density at radius 3 is 2.42 bits per heavy atom. The molecule has 2 aliphatic rings. The zero-order chi connectivity index (χ0) is 27.2. The zero-order valence-electron chi connectivity index (χ0n) is 21.4. The molecule has 12 heteroatoms. The lowest BCUT2D eigenvalue weighted by Crippen LogP contribution is -2.43. The first kappa shape index (κ1) is 26.8.